The average molecular weight is 237 g/mol. The van der Waals surface area contributed by atoms with Gasteiger partial charge < -0.3 is 15.5 Å². The number of likely N-dealkylation sites (tertiary alicyclic amines) is 1. The second-order valence-corrected chi connectivity index (χ2v) is 4.76. The minimum atomic E-state index is -0.172. The molecule has 0 unspecified atom stereocenters. The first-order valence-corrected chi connectivity index (χ1v) is 6.13. The van der Waals surface area contributed by atoms with Gasteiger partial charge in [0.1, 0.15) is 0 Å². The molecule has 2 rings (SSSR count). The molecule has 0 aromatic rings. The lowest BCUT2D eigenvalue weighted by molar-refractivity contribution is -0.126. The van der Waals surface area contributed by atoms with E-state index in [0.29, 0.717) is 13.0 Å². The van der Waals surface area contributed by atoms with E-state index < -0.39 is 0 Å². The zero-order valence-electron chi connectivity index (χ0n) is 10.1. The Morgan fingerprint density at radius 2 is 2.29 bits per heavy atom. The lowest BCUT2D eigenvalue weighted by Gasteiger charge is -2.20. The van der Waals surface area contributed by atoms with Crippen molar-refractivity contribution in [1.29, 1.82) is 0 Å². The van der Waals surface area contributed by atoms with Crippen LogP contribution in [-0.4, -0.2) is 42.5 Å². The van der Waals surface area contributed by atoms with Crippen LogP contribution in [0.1, 0.15) is 25.7 Å². The molecule has 94 valence electrons. The highest BCUT2D eigenvalue weighted by Crippen LogP contribution is 2.11. The van der Waals surface area contributed by atoms with E-state index in [-0.39, 0.29) is 24.0 Å². The van der Waals surface area contributed by atoms with Gasteiger partial charge in [0, 0.05) is 26.1 Å². The van der Waals surface area contributed by atoms with Gasteiger partial charge in [-0.2, -0.15) is 0 Å². The SMILES string of the molecule is CN1C[C@@H](NC(=O)N[C@H]2C=CCCC2)CC1=O. The predicted molar refractivity (Wildman–Crippen MR) is 64.5 cm³/mol. The number of hydrogen-bond acceptors (Lipinski definition) is 2. The molecule has 0 spiro atoms. The minimum absolute atomic E-state index is 0.0555. The summed E-state index contributed by atoms with van der Waals surface area (Å²) in [7, 11) is 1.76. The van der Waals surface area contributed by atoms with Crippen molar-refractivity contribution in [2.75, 3.05) is 13.6 Å². The Hall–Kier alpha value is -1.52. The van der Waals surface area contributed by atoms with E-state index in [9.17, 15) is 9.59 Å². The maximum Gasteiger partial charge on any atom is 0.315 e. The Labute approximate surface area is 101 Å². The Balaban J connectivity index is 1.76. The predicted octanol–water partition coefficient (Wildman–Crippen LogP) is 0.625. The summed E-state index contributed by atoms with van der Waals surface area (Å²) in [5, 5.41) is 5.75. The standard InChI is InChI=1S/C12H19N3O2/c1-15-8-10(7-11(15)16)14-12(17)13-9-5-3-2-4-6-9/h3,5,9-10H,2,4,6-8H2,1H3,(H2,13,14,17)/t9-,10-/m0/s1. The van der Waals surface area contributed by atoms with Crippen molar-refractivity contribution in [3.05, 3.63) is 12.2 Å². The molecule has 1 fully saturated rings. The third kappa shape index (κ3) is 3.22. The van der Waals surface area contributed by atoms with Crippen LogP contribution in [0.2, 0.25) is 0 Å². The number of carbonyl (C=O) groups excluding carboxylic acids is 2. The molecule has 0 bridgehead atoms. The van der Waals surface area contributed by atoms with E-state index in [4.69, 9.17) is 0 Å². The Morgan fingerprint density at radius 3 is 2.88 bits per heavy atom. The zero-order chi connectivity index (χ0) is 12.3. The summed E-state index contributed by atoms with van der Waals surface area (Å²) in [5.41, 5.74) is 0. The van der Waals surface area contributed by atoms with Gasteiger partial charge in [-0.25, -0.2) is 4.79 Å². The average Bonchev–Trinajstić information content (AvgIpc) is 2.59. The van der Waals surface area contributed by atoms with Gasteiger partial charge in [0.25, 0.3) is 0 Å². The first-order chi connectivity index (χ1) is 8.15. The molecule has 0 aromatic heterocycles. The normalized spacial score (nSPS) is 28.3. The van der Waals surface area contributed by atoms with Gasteiger partial charge >= 0.3 is 6.03 Å². The first-order valence-electron chi connectivity index (χ1n) is 6.13. The Kier molecular flexibility index (Phi) is 3.66. The lowest BCUT2D eigenvalue weighted by Crippen LogP contribution is -2.46. The highest BCUT2D eigenvalue weighted by atomic mass is 16.2. The molecule has 1 aliphatic carbocycles. The highest BCUT2D eigenvalue weighted by molar-refractivity contribution is 5.81. The molecule has 5 heteroatoms. The fourth-order valence-corrected chi connectivity index (χ4v) is 2.29. The molecule has 2 N–H and O–H groups in total. The number of urea groups is 1. The lowest BCUT2D eigenvalue weighted by atomic mass is 10.0. The molecule has 2 aliphatic rings. The van der Waals surface area contributed by atoms with Crippen LogP contribution in [-0.2, 0) is 4.79 Å². The van der Waals surface area contributed by atoms with Crippen LogP contribution in [0.15, 0.2) is 12.2 Å². The van der Waals surface area contributed by atoms with E-state index in [2.05, 4.69) is 16.7 Å². The summed E-state index contributed by atoms with van der Waals surface area (Å²) in [6.07, 6.45) is 7.75. The van der Waals surface area contributed by atoms with Crippen LogP contribution < -0.4 is 10.6 Å². The van der Waals surface area contributed by atoms with Crippen LogP contribution in [0, 0.1) is 0 Å². The molecule has 17 heavy (non-hydrogen) atoms. The summed E-state index contributed by atoms with van der Waals surface area (Å²) < 4.78 is 0. The summed E-state index contributed by atoms with van der Waals surface area (Å²) in [5.74, 6) is 0.0906. The van der Waals surface area contributed by atoms with Crippen LogP contribution in [0.3, 0.4) is 0 Å². The number of carbonyl (C=O) groups is 2. The van der Waals surface area contributed by atoms with Gasteiger partial charge in [-0.05, 0) is 19.3 Å². The van der Waals surface area contributed by atoms with Crippen LogP contribution >= 0.6 is 0 Å². The van der Waals surface area contributed by atoms with Crippen LogP contribution in [0.4, 0.5) is 4.79 Å². The molecule has 3 amide bonds. The van der Waals surface area contributed by atoms with Gasteiger partial charge in [0.05, 0.1) is 6.04 Å². The van der Waals surface area contributed by atoms with Gasteiger partial charge in [-0.3, -0.25) is 4.79 Å². The quantitative estimate of drug-likeness (QED) is 0.692. The van der Waals surface area contributed by atoms with E-state index in [1.165, 1.54) is 0 Å². The number of hydrogen-bond donors (Lipinski definition) is 2. The molecule has 0 aromatic carbocycles. The maximum absolute atomic E-state index is 11.7. The fraction of sp³-hybridized carbons (Fsp3) is 0.667. The van der Waals surface area contributed by atoms with E-state index in [1.807, 2.05) is 6.08 Å². The van der Waals surface area contributed by atoms with Crippen molar-refractivity contribution in [3.63, 3.8) is 0 Å². The molecule has 5 nitrogen and oxygen atoms in total. The van der Waals surface area contributed by atoms with Gasteiger partial charge in [-0.1, -0.05) is 12.2 Å². The molecule has 1 heterocycles. The van der Waals surface area contributed by atoms with Crippen molar-refractivity contribution in [3.8, 4) is 0 Å². The van der Waals surface area contributed by atoms with Crippen LogP contribution in [0.5, 0.6) is 0 Å². The second kappa shape index (κ2) is 5.21. The van der Waals surface area contributed by atoms with Gasteiger partial charge in [0.15, 0.2) is 0 Å². The van der Waals surface area contributed by atoms with Crippen molar-refractivity contribution in [2.24, 2.45) is 0 Å². The van der Waals surface area contributed by atoms with Crippen molar-refractivity contribution in [2.45, 2.75) is 37.8 Å². The van der Waals surface area contributed by atoms with Crippen molar-refractivity contribution in [1.82, 2.24) is 15.5 Å². The summed E-state index contributed by atoms with van der Waals surface area (Å²) in [6, 6.07) is -0.0895. The number of rotatable bonds is 2. The third-order valence-electron chi connectivity index (χ3n) is 3.25. The highest BCUT2D eigenvalue weighted by Gasteiger charge is 2.28. The monoisotopic (exact) mass is 237 g/mol. The fourth-order valence-electron chi connectivity index (χ4n) is 2.29. The largest absolute Gasteiger partial charge is 0.344 e. The maximum atomic E-state index is 11.7. The Morgan fingerprint density at radius 1 is 1.47 bits per heavy atom. The molecular formula is C12H19N3O2. The Bertz CT molecular complexity index is 341. The molecule has 0 saturated carbocycles. The van der Waals surface area contributed by atoms with Crippen LogP contribution in [0.25, 0.3) is 0 Å². The molecular weight excluding hydrogens is 218 g/mol. The number of amides is 3. The molecule has 1 aliphatic heterocycles. The van der Waals surface area contributed by atoms with E-state index in [0.717, 1.165) is 19.3 Å². The summed E-state index contributed by atoms with van der Waals surface area (Å²) in [6.45, 7) is 0.604. The first kappa shape index (κ1) is 12.0. The van der Waals surface area contributed by atoms with E-state index in [1.54, 1.807) is 11.9 Å². The van der Waals surface area contributed by atoms with Crippen molar-refractivity contribution >= 4 is 11.9 Å². The molecule has 0 radical (unpaired) electrons. The molecule has 2 atom stereocenters. The number of nitrogens with zero attached hydrogens (tertiary/aromatic N) is 1. The topological polar surface area (TPSA) is 61.4 Å². The third-order valence-corrected chi connectivity index (χ3v) is 3.25. The number of nitrogens with one attached hydrogen (secondary N) is 2. The number of allylic oxidation sites excluding steroid dienone is 1. The van der Waals surface area contributed by atoms with E-state index >= 15 is 0 Å². The second-order valence-electron chi connectivity index (χ2n) is 4.76. The van der Waals surface area contributed by atoms with Gasteiger partial charge in [-0.15, -0.1) is 0 Å². The molecule has 1 saturated heterocycles. The number of likely N-dealkylation sites (N-methyl/N-ethyl adjacent to an activating group) is 1. The van der Waals surface area contributed by atoms with Crippen molar-refractivity contribution < 1.29 is 9.59 Å². The minimum Gasteiger partial charge on any atom is -0.344 e. The summed E-state index contributed by atoms with van der Waals surface area (Å²) >= 11 is 0. The van der Waals surface area contributed by atoms with Gasteiger partial charge in [0.2, 0.25) is 5.91 Å². The summed E-state index contributed by atoms with van der Waals surface area (Å²) in [4.78, 5) is 24.6. The smallest absolute Gasteiger partial charge is 0.315 e. The zero-order valence-corrected chi connectivity index (χ0v) is 10.1.